The first-order valence-corrected chi connectivity index (χ1v) is 10.1. The van der Waals surface area contributed by atoms with Gasteiger partial charge in [0.25, 0.3) is 0 Å². The summed E-state index contributed by atoms with van der Waals surface area (Å²) >= 11 is 3.39. The van der Waals surface area contributed by atoms with Gasteiger partial charge in [0.1, 0.15) is 10.4 Å². The predicted octanol–water partition coefficient (Wildman–Crippen LogP) is 3.90. The van der Waals surface area contributed by atoms with Crippen molar-refractivity contribution in [3.63, 3.8) is 0 Å². The summed E-state index contributed by atoms with van der Waals surface area (Å²) < 4.78 is 2.62. The zero-order chi connectivity index (χ0) is 21.3. The molecule has 0 radical (unpaired) electrons. The summed E-state index contributed by atoms with van der Waals surface area (Å²) in [5, 5.41) is 0.496. The van der Waals surface area contributed by atoms with Gasteiger partial charge in [-0.25, -0.2) is 9.97 Å². The van der Waals surface area contributed by atoms with E-state index in [-0.39, 0.29) is 16.8 Å². The highest BCUT2D eigenvalue weighted by Gasteiger charge is 2.18. The summed E-state index contributed by atoms with van der Waals surface area (Å²) in [6.45, 7) is 0.429. The second-order valence-electron chi connectivity index (χ2n) is 7.10. The van der Waals surface area contributed by atoms with Crippen LogP contribution in [0.15, 0.2) is 76.4 Å². The van der Waals surface area contributed by atoms with Crippen LogP contribution in [0.1, 0.15) is 21.6 Å². The van der Waals surface area contributed by atoms with E-state index < -0.39 is 0 Å². The van der Waals surface area contributed by atoms with E-state index in [9.17, 15) is 9.59 Å². The SMILES string of the molecule is CN(C)c1ccc(C(=O)c2cn(Cc3cccc(Br)n3)c3ccccc3c2=O)cn1. The molecule has 4 rings (SSSR count). The molecule has 0 aliphatic heterocycles. The molecular weight excluding hydrogens is 444 g/mol. The lowest BCUT2D eigenvalue weighted by molar-refractivity contribution is 0.103. The smallest absolute Gasteiger partial charge is 0.200 e. The Kier molecular flexibility index (Phi) is 5.46. The van der Waals surface area contributed by atoms with Crippen LogP contribution in [0, 0.1) is 0 Å². The zero-order valence-electron chi connectivity index (χ0n) is 16.5. The number of aromatic nitrogens is 3. The number of anilines is 1. The molecule has 4 aromatic rings. The molecule has 0 amide bonds. The fraction of sp³-hybridized carbons (Fsp3) is 0.130. The molecule has 0 aliphatic rings. The van der Waals surface area contributed by atoms with E-state index in [4.69, 9.17) is 0 Å². The Morgan fingerprint density at radius 2 is 1.87 bits per heavy atom. The third-order valence-electron chi connectivity index (χ3n) is 4.81. The first-order valence-electron chi connectivity index (χ1n) is 9.36. The van der Waals surface area contributed by atoms with Gasteiger partial charge in [-0.1, -0.05) is 18.2 Å². The number of halogens is 1. The molecule has 1 aromatic carbocycles. The lowest BCUT2D eigenvalue weighted by Crippen LogP contribution is -2.20. The fourth-order valence-electron chi connectivity index (χ4n) is 3.29. The number of nitrogens with zero attached hydrogens (tertiary/aromatic N) is 4. The van der Waals surface area contributed by atoms with Crippen molar-refractivity contribution in [2.24, 2.45) is 0 Å². The molecule has 0 unspecified atom stereocenters. The number of carbonyl (C=O) groups is 1. The summed E-state index contributed by atoms with van der Waals surface area (Å²) in [5.41, 5.74) is 1.77. The van der Waals surface area contributed by atoms with Crippen LogP contribution < -0.4 is 10.3 Å². The van der Waals surface area contributed by atoms with Crippen molar-refractivity contribution in [2.45, 2.75) is 6.54 Å². The number of hydrogen-bond donors (Lipinski definition) is 0. The molecule has 3 heterocycles. The molecule has 7 heteroatoms. The molecule has 0 atom stereocenters. The Morgan fingerprint density at radius 1 is 1.07 bits per heavy atom. The quantitative estimate of drug-likeness (QED) is 0.332. The van der Waals surface area contributed by atoms with Gasteiger partial charge in [-0.2, -0.15) is 0 Å². The zero-order valence-corrected chi connectivity index (χ0v) is 18.1. The number of carbonyl (C=O) groups excluding carboxylic acids is 1. The van der Waals surface area contributed by atoms with Gasteiger partial charge in [0, 0.05) is 37.4 Å². The van der Waals surface area contributed by atoms with Crippen LogP contribution in [0.25, 0.3) is 10.9 Å². The average molecular weight is 463 g/mol. The van der Waals surface area contributed by atoms with Crippen LogP contribution in [-0.2, 0) is 6.54 Å². The van der Waals surface area contributed by atoms with Gasteiger partial charge in [-0.05, 0) is 52.3 Å². The predicted molar refractivity (Wildman–Crippen MR) is 121 cm³/mol. The lowest BCUT2D eigenvalue weighted by Gasteiger charge is -2.14. The highest BCUT2D eigenvalue weighted by atomic mass is 79.9. The molecule has 30 heavy (non-hydrogen) atoms. The summed E-state index contributed by atoms with van der Waals surface area (Å²) in [6, 6.07) is 16.4. The van der Waals surface area contributed by atoms with E-state index in [2.05, 4.69) is 25.9 Å². The lowest BCUT2D eigenvalue weighted by atomic mass is 10.0. The third-order valence-corrected chi connectivity index (χ3v) is 5.25. The van der Waals surface area contributed by atoms with E-state index in [0.717, 1.165) is 21.6 Å². The summed E-state index contributed by atoms with van der Waals surface area (Å²) in [6.07, 6.45) is 3.13. The first-order chi connectivity index (χ1) is 14.4. The number of hydrogen-bond acceptors (Lipinski definition) is 5. The standard InChI is InChI=1S/C23H19BrN4O2/c1-27(2)21-11-10-15(12-25-21)22(29)18-14-28(13-16-6-5-9-20(24)26-16)19-8-4-3-7-17(19)23(18)30/h3-12,14H,13H2,1-2H3. The Hall–Kier alpha value is -3.32. The molecule has 0 N–H and O–H groups in total. The van der Waals surface area contributed by atoms with E-state index in [1.165, 1.54) is 6.20 Å². The molecule has 6 nitrogen and oxygen atoms in total. The van der Waals surface area contributed by atoms with Crippen molar-refractivity contribution in [1.29, 1.82) is 0 Å². The van der Waals surface area contributed by atoms with E-state index >= 15 is 0 Å². The highest BCUT2D eigenvalue weighted by molar-refractivity contribution is 9.10. The van der Waals surface area contributed by atoms with Gasteiger partial charge >= 0.3 is 0 Å². The summed E-state index contributed by atoms with van der Waals surface area (Å²) in [4.78, 5) is 36.9. The topological polar surface area (TPSA) is 68.1 Å². The fourth-order valence-corrected chi connectivity index (χ4v) is 3.67. The average Bonchev–Trinajstić information content (AvgIpc) is 2.75. The van der Waals surface area contributed by atoms with Crippen molar-refractivity contribution in [2.75, 3.05) is 19.0 Å². The molecule has 150 valence electrons. The first kappa shape index (κ1) is 20.0. The van der Waals surface area contributed by atoms with E-state index in [0.29, 0.717) is 17.5 Å². The van der Waals surface area contributed by atoms with Crippen LogP contribution >= 0.6 is 15.9 Å². The van der Waals surface area contributed by atoms with Crippen molar-refractivity contribution in [1.82, 2.24) is 14.5 Å². The van der Waals surface area contributed by atoms with Gasteiger partial charge < -0.3 is 9.47 Å². The van der Waals surface area contributed by atoms with Gasteiger partial charge in [0.2, 0.25) is 5.43 Å². The molecule has 3 aromatic heterocycles. The van der Waals surface area contributed by atoms with Crippen molar-refractivity contribution in [3.05, 3.63) is 98.6 Å². The minimum absolute atomic E-state index is 0.114. The maximum atomic E-state index is 13.2. The van der Waals surface area contributed by atoms with Crippen molar-refractivity contribution >= 4 is 38.4 Å². The second kappa shape index (κ2) is 8.20. The normalized spacial score (nSPS) is 10.9. The Morgan fingerprint density at radius 3 is 2.57 bits per heavy atom. The number of benzene rings is 1. The highest BCUT2D eigenvalue weighted by Crippen LogP contribution is 2.17. The maximum absolute atomic E-state index is 13.2. The van der Waals surface area contributed by atoms with Crippen molar-refractivity contribution < 1.29 is 4.79 Å². The van der Waals surface area contributed by atoms with E-state index in [1.807, 2.05) is 53.9 Å². The number of rotatable bonds is 5. The van der Waals surface area contributed by atoms with E-state index in [1.54, 1.807) is 30.5 Å². The molecule has 0 fully saturated rings. The van der Waals surface area contributed by atoms with Gasteiger partial charge in [-0.15, -0.1) is 0 Å². The van der Waals surface area contributed by atoms with Crippen LogP contribution in [0.4, 0.5) is 5.82 Å². The minimum atomic E-state index is -0.348. The number of pyridine rings is 3. The Bertz CT molecular complexity index is 1300. The minimum Gasteiger partial charge on any atom is -0.363 e. The van der Waals surface area contributed by atoms with Gasteiger partial charge in [0.15, 0.2) is 5.78 Å². The monoisotopic (exact) mass is 462 g/mol. The maximum Gasteiger partial charge on any atom is 0.200 e. The second-order valence-corrected chi connectivity index (χ2v) is 7.91. The molecular formula is C23H19BrN4O2. The summed E-state index contributed by atoms with van der Waals surface area (Å²) in [5.74, 6) is 0.391. The molecule has 0 bridgehead atoms. The molecule has 0 saturated heterocycles. The Labute approximate surface area is 182 Å². The summed E-state index contributed by atoms with van der Waals surface area (Å²) in [7, 11) is 3.75. The van der Waals surface area contributed by atoms with Crippen LogP contribution in [0.2, 0.25) is 0 Å². The third kappa shape index (κ3) is 3.89. The number of ketones is 1. The largest absolute Gasteiger partial charge is 0.363 e. The van der Waals surface area contributed by atoms with Gasteiger partial charge in [0.05, 0.1) is 23.3 Å². The van der Waals surface area contributed by atoms with Crippen LogP contribution in [-0.4, -0.2) is 34.4 Å². The van der Waals surface area contributed by atoms with Gasteiger partial charge in [-0.3, -0.25) is 9.59 Å². The molecule has 0 spiro atoms. The molecule has 0 aliphatic carbocycles. The van der Waals surface area contributed by atoms with Crippen molar-refractivity contribution in [3.8, 4) is 0 Å². The van der Waals surface area contributed by atoms with Crippen LogP contribution in [0.5, 0.6) is 0 Å². The van der Waals surface area contributed by atoms with Crippen LogP contribution in [0.3, 0.4) is 0 Å². The molecule has 0 saturated carbocycles. The Balaban J connectivity index is 1.82. The number of fused-ring (bicyclic) bond motifs is 1. The number of para-hydroxylation sites is 1.